The second-order valence-corrected chi connectivity index (χ2v) is 8.22. The minimum atomic E-state index is -0.629. The van der Waals surface area contributed by atoms with Crippen LogP contribution in [-0.4, -0.2) is 24.2 Å². The highest BCUT2D eigenvalue weighted by molar-refractivity contribution is 9.10. The first-order chi connectivity index (χ1) is 15.4. The van der Waals surface area contributed by atoms with Crippen LogP contribution >= 0.6 is 31.9 Å². The van der Waals surface area contributed by atoms with Crippen LogP contribution in [0.3, 0.4) is 0 Å². The van der Waals surface area contributed by atoms with Crippen LogP contribution in [0.5, 0.6) is 11.5 Å². The van der Waals surface area contributed by atoms with Crippen LogP contribution in [0.2, 0.25) is 0 Å². The third-order valence-electron chi connectivity index (χ3n) is 4.28. The molecule has 3 rings (SSSR count). The van der Waals surface area contributed by atoms with E-state index in [-0.39, 0.29) is 17.0 Å². The van der Waals surface area contributed by atoms with E-state index in [1.807, 2.05) is 24.3 Å². The van der Waals surface area contributed by atoms with Gasteiger partial charge in [0.2, 0.25) is 0 Å². The summed E-state index contributed by atoms with van der Waals surface area (Å²) in [5.74, 6) is 0.240. The first-order valence-electron chi connectivity index (χ1n) is 9.20. The number of ether oxygens (including phenoxy) is 2. The maximum Gasteiger partial charge on any atom is 0.275 e. The molecule has 10 heteroatoms. The maximum absolute atomic E-state index is 12.4. The standard InChI is InChI=1S/C22H17Br2N3O5/c1-31-20-9-7-17(27(29)30)11-18(20)22(28)26-25-12-15-4-8-21(19(24)10-15)32-13-14-2-5-16(23)6-3-14/h2-12H,13H2,1H3,(H,26,28)/b25-12-. The van der Waals surface area contributed by atoms with Gasteiger partial charge < -0.3 is 9.47 Å². The fourth-order valence-corrected chi connectivity index (χ4v) is 3.44. The quantitative estimate of drug-likeness (QED) is 0.223. The number of benzene rings is 3. The third-order valence-corrected chi connectivity index (χ3v) is 5.43. The smallest absolute Gasteiger partial charge is 0.275 e. The fourth-order valence-electron chi connectivity index (χ4n) is 2.67. The van der Waals surface area contributed by atoms with Crippen molar-refractivity contribution in [2.45, 2.75) is 6.61 Å². The molecule has 0 fully saturated rings. The monoisotopic (exact) mass is 561 g/mol. The van der Waals surface area contributed by atoms with Gasteiger partial charge in [0.1, 0.15) is 18.1 Å². The second kappa shape index (κ2) is 10.9. The Morgan fingerprint density at radius 3 is 2.47 bits per heavy atom. The molecule has 32 heavy (non-hydrogen) atoms. The van der Waals surface area contributed by atoms with E-state index in [9.17, 15) is 14.9 Å². The molecule has 164 valence electrons. The number of carbonyl (C=O) groups excluding carboxylic acids is 1. The van der Waals surface area contributed by atoms with Crippen LogP contribution in [0, 0.1) is 10.1 Å². The lowest BCUT2D eigenvalue weighted by atomic mass is 10.1. The molecular weight excluding hydrogens is 546 g/mol. The molecular formula is C22H17Br2N3O5. The molecule has 0 radical (unpaired) electrons. The van der Waals surface area contributed by atoms with Gasteiger partial charge in [0, 0.05) is 16.6 Å². The molecule has 0 saturated carbocycles. The number of nitrogens with one attached hydrogen (secondary N) is 1. The van der Waals surface area contributed by atoms with Crippen LogP contribution in [0.4, 0.5) is 5.69 Å². The summed E-state index contributed by atoms with van der Waals surface area (Å²) in [4.78, 5) is 22.8. The highest BCUT2D eigenvalue weighted by Crippen LogP contribution is 2.27. The lowest BCUT2D eigenvalue weighted by Gasteiger charge is -2.09. The summed E-state index contributed by atoms with van der Waals surface area (Å²) in [7, 11) is 1.37. The van der Waals surface area contributed by atoms with Gasteiger partial charge in [0.05, 0.1) is 28.3 Å². The van der Waals surface area contributed by atoms with Crippen molar-refractivity contribution in [1.82, 2.24) is 5.43 Å². The van der Waals surface area contributed by atoms with Gasteiger partial charge in [-0.3, -0.25) is 14.9 Å². The van der Waals surface area contributed by atoms with Crippen LogP contribution in [0.1, 0.15) is 21.5 Å². The Morgan fingerprint density at radius 2 is 1.81 bits per heavy atom. The second-order valence-electron chi connectivity index (χ2n) is 6.45. The van der Waals surface area contributed by atoms with Crippen molar-refractivity contribution in [3.63, 3.8) is 0 Å². The number of halogens is 2. The fraction of sp³-hybridized carbons (Fsp3) is 0.0909. The number of nitro groups is 1. The number of nitro benzene ring substituents is 1. The van der Waals surface area contributed by atoms with Crippen molar-refractivity contribution in [2.24, 2.45) is 5.10 Å². The normalized spacial score (nSPS) is 10.7. The number of hydrogen-bond donors (Lipinski definition) is 1. The highest BCUT2D eigenvalue weighted by atomic mass is 79.9. The van der Waals surface area contributed by atoms with E-state index in [0.29, 0.717) is 17.9 Å². The largest absolute Gasteiger partial charge is 0.496 e. The van der Waals surface area contributed by atoms with Gasteiger partial charge in [0.25, 0.3) is 11.6 Å². The number of hydrogen-bond acceptors (Lipinski definition) is 6. The van der Waals surface area contributed by atoms with Crippen molar-refractivity contribution >= 4 is 49.7 Å². The summed E-state index contributed by atoms with van der Waals surface area (Å²) in [5, 5.41) is 14.9. The number of nitrogens with zero attached hydrogens (tertiary/aromatic N) is 2. The van der Waals surface area contributed by atoms with E-state index < -0.39 is 10.8 Å². The average Bonchev–Trinajstić information content (AvgIpc) is 2.79. The van der Waals surface area contributed by atoms with E-state index in [2.05, 4.69) is 42.4 Å². The molecule has 0 aliphatic carbocycles. The lowest BCUT2D eigenvalue weighted by molar-refractivity contribution is -0.384. The van der Waals surface area contributed by atoms with Crippen molar-refractivity contribution in [3.8, 4) is 11.5 Å². The topological polar surface area (TPSA) is 103 Å². The number of hydrazone groups is 1. The van der Waals surface area contributed by atoms with Gasteiger partial charge in [-0.1, -0.05) is 28.1 Å². The number of amides is 1. The molecule has 3 aromatic carbocycles. The Morgan fingerprint density at radius 1 is 1.09 bits per heavy atom. The van der Waals surface area contributed by atoms with Gasteiger partial charge in [0.15, 0.2) is 0 Å². The molecule has 0 spiro atoms. The van der Waals surface area contributed by atoms with Gasteiger partial charge >= 0.3 is 0 Å². The summed E-state index contributed by atoms with van der Waals surface area (Å²) in [5.41, 5.74) is 3.88. The van der Waals surface area contributed by atoms with E-state index in [1.165, 1.54) is 25.5 Å². The zero-order valence-corrected chi connectivity index (χ0v) is 19.9. The van der Waals surface area contributed by atoms with Crippen molar-refractivity contribution in [2.75, 3.05) is 7.11 Å². The predicted molar refractivity (Wildman–Crippen MR) is 127 cm³/mol. The number of rotatable bonds is 8. The zero-order chi connectivity index (χ0) is 23.1. The van der Waals surface area contributed by atoms with Crippen LogP contribution < -0.4 is 14.9 Å². The minimum absolute atomic E-state index is 0.0109. The summed E-state index contributed by atoms with van der Waals surface area (Å²) < 4.78 is 12.7. The summed E-state index contributed by atoms with van der Waals surface area (Å²) in [6.07, 6.45) is 1.45. The lowest BCUT2D eigenvalue weighted by Crippen LogP contribution is -2.18. The highest BCUT2D eigenvalue weighted by Gasteiger charge is 2.17. The summed E-state index contributed by atoms with van der Waals surface area (Å²) >= 11 is 6.87. The molecule has 0 unspecified atom stereocenters. The molecule has 0 saturated heterocycles. The minimum Gasteiger partial charge on any atom is -0.496 e. The molecule has 0 heterocycles. The molecule has 1 N–H and O–H groups in total. The van der Waals surface area contributed by atoms with Gasteiger partial charge in [-0.25, -0.2) is 5.43 Å². The van der Waals surface area contributed by atoms with Gasteiger partial charge in [-0.05, 0) is 63.5 Å². The molecule has 8 nitrogen and oxygen atoms in total. The first kappa shape index (κ1) is 23.4. The Hall–Kier alpha value is -3.24. The Bertz CT molecular complexity index is 1170. The first-order valence-corrected chi connectivity index (χ1v) is 10.8. The van der Waals surface area contributed by atoms with Crippen LogP contribution in [0.25, 0.3) is 0 Å². The van der Waals surface area contributed by atoms with E-state index in [0.717, 1.165) is 20.6 Å². The van der Waals surface area contributed by atoms with E-state index in [1.54, 1.807) is 18.2 Å². The Kier molecular flexibility index (Phi) is 7.96. The zero-order valence-electron chi connectivity index (χ0n) is 16.7. The molecule has 0 bridgehead atoms. The molecule has 0 aromatic heterocycles. The molecule has 1 amide bonds. The molecule has 0 atom stereocenters. The Balaban J connectivity index is 1.63. The van der Waals surface area contributed by atoms with E-state index >= 15 is 0 Å². The molecule has 0 aliphatic heterocycles. The Labute approximate surface area is 200 Å². The third kappa shape index (κ3) is 6.14. The van der Waals surface area contributed by atoms with Crippen molar-refractivity contribution in [1.29, 1.82) is 0 Å². The van der Waals surface area contributed by atoms with Crippen LogP contribution in [0.15, 0.2) is 74.7 Å². The van der Waals surface area contributed by atoms with Crippen molar-refractivity contribution in [3.05, 3.63) is 96.4 Å². The van der Waals surface area contributed by atoms with Gasteiger partial charge in [-0.2, -0.15) is 5.10 Å². The molecule has 0 aliphatic rings. The number of carbonyl (C=O) groups is 1. The summed E-state index contributed by atoms with van der Waals surface area (Å²) in [6, 6.07) is 17.0. The van der Waals surface area contributed by atoms with Crippen molar-refractivity contribution < 1.29 is 19.2 Å². The van der Waals surface area contributed by atoms with Crippen LogP contribution in [-0.2, 0) is 6.61 Å². The SMILES string of the molecule is COc1ccc([N+](=O)[O-])cc1C(=O)N/N=C\c1ccc(OCc2ccc(Br)cc2)c(Br)c1. The predicted octanol–water partition coefficient (Wildman–Crippen LogP) is 5.47. The number of methoxy groups -OCH3 is 1. The summed E-state index contributed by atoms with van der Waals surface area (Å²) in [6.45, 7) is 0.417. The van der Waals surface area contributed by atoms with Gasteiger partial charge in [-0.15, -0.1) is 0 Å². The van der Waals surface area contributed by atoms with E-state index in [4.69, 9.17) is 9.47 Å². The molecule has 3 aromatic rings. The maximum atomic E-state index is 12.4. The average molecular weight is 563 g/mol. The number of non-ortho nitro benzene ring substituents is 1.